The molecule has 2 aromatic heterocycles. The van der Waals surface area contributed by atoms with Gasteiger partial charge in [-0.05, 0) is 30.4 Å². The zero-order valence-corrected chi connectivity index (χ0v) is 13.6. The van der Waals surface area contributed by atoms with Gasteiger partial charge in [0.1, 0.15) is 0 Å². The van der Waals surface area contributed by atoms with Crippen LogP contribution < -0.4 is 16.0 Å². The van der Waals surface area contributed by atoms with E-state index in [-0.39, 0.29) is 11.9 Å². The number of carbonyl (C=O) groups excluding carboxylic acids is 2. The summed E-state index contributed by atoms with van der Waals surface area (Å²) in [6, 6.07) is 5.32. The molecule has 0 saturated carbocycles. The lowest BCUT2D eigenvalue weighted by Gasteiger charge is -2.08. The van der Waals surface area contributed by atoms with E-state index in [1.807, 2.05) is 28.4 Å². The van der Waals surface area contributed by atoms with Crippen LogP contribution in [0.5, 0.6) is 0 Å². The number of urea groups is 1. The Morgan fingerprint density at radius 1 is 1.09 bits per heavy atom. The molecule has 3 N–H and O–H groups in total. The van der Waals surface area contributed by atoms with Crippen LogP contribution in [0.15, 0.2) is 36.0 Å². The fourth-order valence-electron chi connectivity index (χ4n) is 1.93. The second-order valence-electron chi connectivity index (χ2n) is 4.89. The lowest BCUT2D eigenvalue weighted by molar-refractivity contribution is 0.0957. The molecule has 8 heteroatoms. The van der Waals surface area contributed by atoms with Crippen LogP contribution in [0.3, 0.4) is 0 Å². The van der Waals surface area contributed by atoms with E-state index < -0.39 is 0 Å². The molecule has 3 amide bonds. The summed E-state index contributed by atoms with van der Waals surface area (Å²) < 4.78 is 1.83. The first-order valence-corrected chi connectivity index (χ1v) is 8.44. The quantitative estimate of drug-likeness (QED) is 0.606. The third-order valence-corrected chi connectivity index (χ3v) is 3.95. The average Bonchev–Trinajstić information content (AvgIpc) is 3.24. The second-order valence-corrected chi connectivity index (χ2v) is 5.84. The van der Waals surface area contributed by atoms with Crippen LogP contribution in [-0.4, -0.2) is 41.4 Å². The maximum absolute atomic E-state index is 11.7. The molecule has 0 saturated heterocycles. The minimum absolute atomic E-state index is 0.0666. The molecule has 0 atom stereocenters. The van der Waals surface area contributed by atoms with Crippen molar-refractivity contribution < 1.29 is 9.59 Å². The number of aryl methyl sites for hydroxylation is 1. The van der Waals surface area contributed by atoms with Gasteiger partial charge in [-0.1, -0.05) is 6.07 Å². The highest BCUT2D eigenvalue weighted by Crippen LogP contribution is 2.07. The lowest BCUT2D eigenvalue weighted by atomic mass is 10.4. The van der Waals surface area contributed by atoms with E-state index in [9.17, 15) is 9.59 Å². The first-order valence-electron chi connectivity index (χ1n) is 7.56. The minimum Gasteiger partial charge on any atom is -0.351 e. The highest BCUT2D eigenvalue weighted by molar-refractivity contribution is 7.12. The number of carbonyl (C=O) groups is 2. The van der Waals surface area contributed by atoms with Gasteiger partial charge in [0.15, 0.2) is 0 Å². The highest BCUT2D eigenvalue weighted by atomic mass is 32.1. The molecule has 2 aromatic rings. The first-order chi connectivity index (χ1) is 11.3. The Hall–Kier alpha value is -2.35. The average molecular weight is 335 g/mol. The molecule has 0 bridgehead atoms. The molecular weight excluding hydrogens is 314 g/mol. The molecule has 124 valence electrons. The van der Waals surface area contributed by atoms with E-state index in [1.54, 1.807) is 12.3 Å². The Balaban J connectivity index is 1.44. The molecular formula is C15H21N5O2S. The SMILES string of the molecule is O=C(NCCCNC(=O)c1cccs1)NCCCn1cccn1. The van der Waals surface area contributed by atoms with Crippen LogP contribution in [0.1, 0.15) is 22.5 Å². The van der Waals surface area contributed by atoms with E-state index in [4.69, 9.17) is 0 Å². The summed E-state index contributed by atoms with van der Waals surface area (Å²) in [5.74, 6) is -0.0666. The van der Waals surface area contributed by atoms with Gasteiger partial charge >= 0.3 is 6.03 Å². The lowest BCUT2D eigenvalue weighted by Crippen LogP contribution is -2.37. The standard InChI is InChI=1S/C15H21N5O2S/c21-14(13-5-1-12-23-13)16-6-2-7-17-15(22)18-8-3-10-20-11-4-9-19-20/h1,4-5,9,11-12H,2-3,6-8,10H2,(H,16,21)(H2,17,18,22). The molecule has 0 spiro atoms. The number of thiophene rings is 1. The van der Waals surface area contributed by atoms with Gasteiger partial charge in [-0.2, -0.15) is 5.10 Å². The number of aromatic nitrogens is 2. The molecule has 7 nitrogen and oxygen atoms in total. The van der Waals surface area contributed by atoms with Crippen molar-refractivity contribution in [2.24, 2.45) is 0 Å². The van der Waals surface area contributed by atoms with Crippen molar-refractivity contribution in [3.05, 3.63) is 40.8 Å². The third kappa shape index (κ3) is 6.52. The molecule has 0 aromatic carbocycles. The van der Waals surface area contributed by atoms with Crippen LogP contribution >= 0.6 is 11.3 Å². The number of hydrogen-bond acceptors (Lipinski definition) is 4. The van der Waals surface area contributed by atoms with E-state index in [0.29, 0.717) is 30.9 Å². The molecule has 2 rings (SSSR count). The normalized spacial score (nSPS) is 10.3. The molecule has 0 unspecified atom stereocenters. The van der Waals surface area contributed by atoms with Crippen molar-refractivity contribution in [3.63, 3.8) is 0 Å². The van der Waals surface area contributed by atoms with E-state index in [0.717, 1.165) is 13.0 Å². The summed E-state index contributed by atoms with van der Waals surface area (Å²) in [4.78, 5) is 23.9. The Bertz CT molecular complexity index is 583. The molecule has 2 heterocycles. The fraction of sp³-hybridized carbons (Fsp3) is 0.400. The smallest absolute Gasteiger partial charge is 0.314 e. The van der Waals surface area contributed by atoms with Crippen LogP contribution in [0.25, 0.3) is 0 Å². The number of nitrogens with zero attached hydrogens (tertiary/aromatic N) is 2. The summed E-state index contributed by atoms with van der Waals surface area (Å²) in [6.07, 6.45) is 5.14. The number of rotatable bonds is 9. The highest BCUT2D eigenvalue weighted by Gasteiger charge is 2.05. The maximum atomic E-state index is 11.7. The van der Waals surface area contributed by atoms with Crippen LogP contribution in [0.4, 0.5) is 4.79 Å². The Labute approximate surface area is 139 Å². The van der Waals surface area contributed by atoms with Crippen LogP contribution in [0, 0.1) is 0 Å². The minimum atomic E-state index is -0.185. The van der Waals surface area contributed by atoms with Gasteiger partial charge in [0.25, 0.3) is 5.91 Å². The summed E-state index contributed by atoms with van der Waals surface area (Å²) >= 11 is 1.41. The van der Waals surface area contributed by atoms with Gasteiger partial charge in [0, 0.05) is 38.6 Å². The van der Waals surface area contributed by atoms with Gasteiger partial charge in [0.2, 0.25) is 0 Å². The predicted octanol–water partition coefficient (Wildman–Crippen LogP) is 1.45. The Kier molecular flexibility index (Phi) is 7.12. The number of amides is 3. The van der Waals surface area contributed by atoms with E-state index in [2.05, 4.69) is 21.0 Å². The van der Waals surface area contributed by atoms with Crippen molar-refractivity contribution in [1.29, 1.82) is 0 Å². The third-order valence-electron chi connectivity index (χ3n) is 3.08. The van der Waals surface area contributed by atoms with Crippen molar-refractivity contribution >= 4 is 23.3 Å². The zero-order chi connectivity index (χ0) is 16.3. The second kappa shape index (κ2) is 9.62. The summed E-state index contributed by atoms with van der Waals surface area (Å²) in [6.45, 7) is 2.44. The molecule has 0 aliphatic heterocycles. The maximum Gasteiger partial charge on any atom is 0.314 e. The van der Waals surface area contributed by atoms with Crippen LogP contribution in [0.2, 0.25) is 0 Å². The summed E-state index contributed by atoms with van der Waals surface area (Å²) in [5, 5.41) is 14.3. The van der Waals surface area contributed by atoms with Crippen LogP contribution in [-0.2, 0) is 6.54 Å². The monoisotopic (exact) mass is 335 g/mol. The van der Waals surface area contributed by atoms with Crippen molar-refractivity contribution in [1.82, 2.24) is 25.7 Å². The number of hydrogen-bond donors (Lipinski definition) is 3. The fourth-order valence-corrected chi connectivity index (χ4v) is 2.57. The molecule has 0 fully saturated rings. The largest absolute Gasteiger partial charge is 0.351 e. The van der Waals surface area contributed by atoms with Crippen molar-refractivity contribution in [3.8, 4) is 0 Å². The molecule has 23 heavy (non-hydrogen) atoms. The van der Waals surface area contributed by atoms with Gasteiger partial charge in [-0.3, -0.25) is 9.48 Å². The number of nitrogens with one attached hydrogen (secondary N) is 3. The Morgan fingerprint density at radius 3 is 2.57 bits per heavy atom. The van der Waals surface area contributed by atoms with E-state index >= 15 is 0 Å². The molecule has 0 aliphatic rings. The van der Waals surface area contributed by atoms with Gasteiger partial charge in [0.05, 0.1) is 4.88 Å². The van der Waals surface area contributed by atoms with Crippen molar-refractivity contribution in [2.75, 3.05) is 19.6 Å². The van der Waals surface area contributed by atoms with E-state index in [1.165, 1.54) is 11.3 Å². The van der Waals surface area contributed by atoms with Gasteiger partial charge in [-0.25, -0.2) is 4.79 Å². The summed E-state index contributed by atoms with van der Waals surface area (Å²) in [5.41, 5.74) is 0. The Morgan fingerprint density at radius 2 is 1.87 bits per heavy atom. The summed E-state index contributed by atoms with van der Waals surface area (Å²) in [7, 11) is 0. The molecule has 0 radical (unpaired) electrons. The topological polar surface area (TPSA) is 88.0 Å². The van der Waals surface area contributed by atoms with Gasteiger partial charge in [-0.15, -0.1) is 11.3 Å². The first kappa shape index (κ1) is 17.0. The van der Waals surface area contributed by atoms with Gasteiger partial charge < -0.3 is 16.0 Å². The predicted molar refractivity (Wildman–Crippen MR) is 89.5 cm³/mol. The van der Waals surface area contributed by atoms with Crippen molar-refractivity contribution in [2.45, 2.75) is 19.4 Å². The molecule has 0 aliphatic carbocycles. The zero-order valence-electron chi connectivity index (χ0n) is 12.8.